The van der Waals surface area contributed by atoms with Crippen LogP contribution in [0.4, 0.5) is 0 Å². The summed E-state index contributed by atoms with van der Waals surface area (Å²) in [6, 6.07) is 0.656. The van der Waals surface area contributed by atoms with Crippen molar-refractivity contribution in [1.29, 1.82) is 5.41 Å². The maximum absolute atomic E-state index is 7.89. The molecule has 0 amide bonds. The lowest BCUT2D eigenvalue weighted by Crippen LogP contribution is -2.37. The molecular weight excluding hydrogens is 168 g/mol. The molecule has 0 aromatic carbocycles. The molecule has 12 heavy (non-hydrogen) atoms. The Labute approximate surface area is 78.2 Å². The fourth-order valence-electron chi connectivity index (χ4n) is 1.67. The van der Waals surface area contributed by atoms with Gasteiger partial charge in [-0.25, -0.2) is 0 Å². The van der Waals surface area contributed by atoms with Crippen LogP contribution in [0.15, 0.2) is 0 Å². The van der Waals surface area contributed by atoms with Crippen LogP contribution in [-0.4, -0.2) is 35.3 Å². The summed E-state index contributed by atoms with van der Waals surface area (Å²) in [6.45, 7) is 0. The van der Waals surface area contributed by atoms with Gasteiger partial charge in [-0.15, -0.1) is 0 Å². The van der Waals surface area contributed by atoms with Crippen molar-refractivity contribution in [3.63, 3.8) is 0 Å². The molecular formula is C9H16N2S. The Balaban J connectivity index is 1.88. The lowest BCUT2D eigenvalue weighted by atomic mass is 10.2. The van der Waals surface area contributed by atoms with Crippen molar-refractivity contribution in [1.82, 2.24) is 4.90 Å². The summed E-state index contributed by atoms with van der Waals surface area (Å²) in [4.78, 5) is 2.21. The quantitative estimate of drug-likeness (QED) is 0.523. The van der Waals surface area contributed by atoms with Crippen LogP contribution in [0.5, 0.6) is 0 Å². The average Bonchev–Trinajstić information content (AvgIpc) is 2.79. The summed E-state index contributed by atoms with van der Waals surface area (Å²) in [5.41, 5.74) is 0. The van der Waals surface area contributed by atoms with Crippen molar-refractivity contribution in [2.45, 2.75) is 25.3 Å². The molecule has 1 aliphatic carbocycles. The number of thioether (sulfide) groups is 1. The first-order valence-corrected chi connectivity index (χ1v) is 5.83. The van der Waals surface area contributed by atoms with E-state index < -0.39 is 0 Å². The SMILES string of the molecule is CN(C(=N)C1CC1)C1CCSC1. The summed E-state index contributed by atoms with van der Waals surface area (Å²) in [5.74, 6) is 4.02. The van der Waals surface area contributed by atoms with Crippen LogP contribution >= 0.6 is 11.8 Å². The van der Waals surface area contributed by atoms with E-state index in [1.54, 1.807) is 0 Å². The minimum Gasteiger partial charge on any atom is -0.360 e. The molecule has 0 spiro atoms. The second-order valence-electron chi connectivity index (χ2n) is 3.79. The maximum Gasteiger partial charge on any atom is 0.0989 e. The zero-order valence-corrected chi connectivity index (χ0v) is 8.36. The van der Waals surface area contributed by atoms with E-state index in [9.17, 15) is 0 Å². The topological polar surface area (TPSA) is 27.1 Å². The van der Waals surface area contributed by atoms with Gasteiger partial charge >= 0.3 is 0 Å². The molecule has 1 unspecified atom stereocenters. The Morgan fingerprint density at radius 1 is 1.42 bits per heavy atom. The third-order valence-electron chi connectivity index (χ3n) is 2.80. The summed E-state index contributed by atoms with van der Waals surface area (Å²) >= 11 is 2.02. The predicted molar refractivity (Wildman–Crippen MR) is 53.9 cm³/mol. The van der Waals surface area contributed by atoms with Crippen molar-refractivity contribution in [2.75, 3.05) is 18.6 Å². The van der Waals surface area contributed by atoms with Crippen molar-refractivity contribution in [2.24, 2.45) is 5.92 Å². The van der Waals surface area contributed by atoms with Crippen LogP contribution in [0.25, 0.3) is 0 Å². The van der Waals surface area contributed by atoms with Crippen LogP contribution < -0.4 is 0 Å². The van der Waals surface area contributed by atoms with E-state index in [-0.39, 0.29) is 0 Å². The second kappa shape index (κ2) is 3.29. The summed E-state index contributed by atoms with van der Waals surface area (Å²) in [6.07, 6.45) is 3.78. The molecule has 0 radical (unpaired) electrons. The molecule has 68 valence electrons. The van der Waals surface area contributed by atoms with Crippen molar-refractivity contribution >= 4 is 17.6 Å². The van der Waals surface area contributed by atoms with Crippen molar-refractivity contribution < 1.29 is 0 Å². The normalized spacial score (nSPS) is 28.9. The van der Waals surface area contributed by atoms with Gasteiger partial charge in [-0.1, -0.05) is 0 Å². The summed E-state index contributed by atoms with van der Waals surface area (Å²) in [7, 11) is 2.09. The fourth-order valence-corrected chi connectivity index (χ4v) is 2.94. The molecule has 1 saturated heterocycles. The van der Waals surface area contributed by atoms with E-state index in [1.807, 2.05) is 11.8 Å². The Kier molecular flexibility index (Phi) is 2.31. The van der Waals surface area contributed by atoms with Gasteiger partial charge in [0, 0.05) is 24.8 Å². The van der Waals surface area contributed by atoms with Gasteiger partial charge in [0.25, 0.3) is 0 Å². The molecule has 1 saturated carbocycles. The zero-order chi connectivity index (χ0) is 8.55. The molecule has 1 aliphatic heterocycles. The molecule has 1 N–H and O–H groups in total. The van der Waals surface area contributed by atoms with E-state index >= 15 is 0 Å². The van der Waals surface area contributed by atoms with Gasteiger partial charge in [-0.05, 0) is 25.0 Å². The Bertz CT molecular complexity index is 183. The molecule has 2 nitrogen and oxygen atoms in total. The van der Waals surface area contributed by atoms with Gasteiger partial charge in [0.1, 0.15) is 0 Å². The number of amidine groups is 1. The molecule has 2 fully saturated rings. The van der Waals surface area contributed by atoms with E-state index in [4.69, 9.17) is 5.41 Å². The minimum absolute atomic E-state index is 0.612. The van der Waals surface area contributed by atoms with E-state index in [0.717, 1.165) is 5.84 Å². The predicted octanol–water partition coefficient (Wildman–Crippen LogP) is 1.81. The van der Waals surface area contributed by atoms with E-state index in [2.05, 4.69) is 11.9 Å². The largest absolute Gasteiger partial charge is 0.360 e. The minimum atomic E-state index is 0.612. The van der Waals surface area contributed by atoms with Gasteiger partial charge in [0.05, 0.1) is 5.84 Å². The molecule has 1 atom stereocenters. The van der Waals surface area contributed by atoms with E-state index in [0.29, 0.717) is 12.0 Å². The van der Waals surface area contributed by atoms with Gasteiger partial charge < -0.3 is 4.90 Å². The number of nitrogens with one attached hydrogen (secondary N) is 1. The molecule has 2 rings (SSSR count). The van der Waals surface area contributed by atoms with Crippen LogP contribution in [0, 0.1) is 11.3 Å². The molecule has 2 aliphatic rings. The van der Waals surface area contributed by atoms with Gasteiger partial charge in [-0.3, -0.25) is 5.41 Å². The van der Waals surface area contributed by atoms with Crippen LogP contribution in [0.3, 0.4) is 0 Å². The third-order valence-corrected chi connectivity index (χ3v) is 3.94. The molecule has 0 bridgehead atoms. The van der Waals surface area contributed by atoms with Crippen LogP contribution in [0.2, 0.25) is 0 Å². The number of nitrogens with zero attached hydrogens (tertiary/aromatic N) is 1. The molecule has 3 heteroatoms. The molecule has 1 heterocycles. The van der Waals surface area contributed by atoms with Gasteiger partial charge in [-0.2, -0.15) is 11.8 Å². The smallest absolute Gasteiger partial charge is 0.0989 e. The fraction of sp³-hybridized carbons (Fsp3) is 0.889. The second-order valence-corrected chi connectivity index (χ2v) is 4.94. The molecule has 0 aromatic rings. The first kappa shape index (κ1) is 8.42. The maximum atomic E-state index is 7.89. The van der Waals surface area contributed by atoms with Crippen LogP contribution in [0.1, 0.15) is 19.3 Å². The lowest BCUT2D eigenvalue weighted by Gasteiger charge is -2.26. The highest BCUT2D eigenvalue weighted by Gasteiger charge is 2.32. The third kappa shape index (κ3) is 1.60. The Morgan fingerprint density at radius 2 is 2.17 bits per heavy atom. The van der Waals surface area contributed by atoms with Gasteiger partial charge in [0.15, 0.2) is 0 Å². The van der Waals surface area contributed by atoms with Crippen molar-refractivity contribution in [3.05, 3.63) is 0 Å². The zero-order valence-electron chi connectivity index (χ0n) is 7.55. The first-order valence-electron chi connectivity index (χ1n) is 4.68. The van der Waals surface area contributed by atoms with Gasteiger partial charge in [0.2, 0.25) is 0 Å². The number of rotatable bonds is 2. The highest BCUT2D eigenvalue weighted by atomic mass is 32.2. The summed E-state index contributed by atoms with van der Waals surface area (Å²) < 4.78 is 0. The lowest BCUT2D eigenvalue weighted by molar-refractivity contribution is 0.385. The summed E-state index contributed by atoms with van der Waals surface area (Å²) in [5, 5.41) is 7.89. The van der Waals surface area contributed by atoms with Crippen molar-refractivity contribution in [3.8, 4) is 0 Å². The molecule has 0 aromatic heterocycles. The first-order chi connectivity index (χ1) is 5.79. The highest BCUT2D eigenvalue weighted by molar-refractivity contribution is 7.99. The standard InChI is InChI=1S/C9H16N2S/c1-11(8-4-5-12-6-8)9(10)7-2-3-7/h7-8,10H,2-6H2,1H3. The number of hydrogen-bond donors (Lipinski definition) is 1. The number of hydrogen-bond acceptors (Lipinski definition) is 2. The Morgan fingerprint density at radius 3 is 2.67 bits per heavy atom. The van der Waals surface area contributed by atoms with Crippen LogP contribution in [-0.2, 0) is 0 Å². The highest BCUT2D eigenvalue weighted by Crippen LogP contribution is 2.33. The Hall–Kier alpha value is -0.180. The average molecular weight is 184 g/mol. The van der Waals surface area contributed by atoms with E-state index in [1.165, 1.54) is 30.8 Å². The monoisotopic (exact) mass is 184 g/mol.